The molecule has 0 unspecified atom stereocenters. The van der Waals surface area contributed by atoms with Gasteiger partial charge in [-0.15, -0.1) is 0 Å². The van der Waals surface area contributed by atoms with Crippen molar-refractivity contribution in [2.45, 2.75) is 46.0 Å². The second-order valence-electron chi connectivity index (χ2n) is 5.49. The fraction of sp³-hybridized carbons (Fsp3) is 0.917. The Morgan fingerprint density at radius 3 is 2.40 bits per heavy atom. The Hall–Kier alpha value is -0.570. The molecule has 1 heterocycles. The summed E-state index contributed by atoms with van der Waals surface area (Å²) < 4.78 is 0. The van der Waals surface area contributed by atoms with Crippen molar-refractivity contribution in [1.29, 1.82) is 5.41 Å². The van der Waals surface area contributed by atoms with E-state index >= 15 is 0 Å². The maximum absolute atomic E-state index is 7.13. The fourth-order valence-electron chi connectivity index (χ4n) is 2.03. The summed E-state index contributed by atoms with van der Waals surface area (Å²) in [6, 6.07) is 0. The molecule has 3 nitrogen and oxygen atoms in total. The SMILES string of the molecule is CC1(C)CCN(CCCCC(=N)N)CC1. The molecule has 3 N–H and O–H groups in total. The summed E-state index contributed by atoms with van der Waals surface area (Å²) in [6.45, 7) is 8.39. The number of rotatable bonds is 5. The second kappa shape index (κ2) is 5.50. The van der Waals surface area contributed by atoms with Crippen LogP contribution >= 0.6 is 0 Å². The minimum atomic E-state index is 0.328. The predicted molar refractivity (Wildman–Crippen MR) is 65.2 cm³/mol. The van der Waals surface area contributed by atoms with Gasteiger partial charge < -0.3 is 10.6 Å². The van der Waals surface area contributed by atoms with Crippen molar-refractivity contribution in [3.8, 4) is 0 Å². The molecule has 1 saturated heterocycles. The van der Waals surface area contributed by atoms with Gasteiger partial charge in [-0.25, -0.2) is 0 Å². The molecule has 88 valence electrons. The molecular formula is C12H25N3. The summed E-state index contributed by atoms with van der Waals surface area (Å²) in [5, 5.41) is 7.13. The number of nitrogens with zero attached hydrogens (tertiary/aromatic N) is 1. The number of nitrogens with one attached hydrogen (secondary N) is 1. The summed E-state index contributed by atoms with van der Waals surface area (Å²) >= 11 is 0. The van der Waals surface area contributed by atoms with E-state index in [-0.39, 0.29) is 0 Å². The lowest BCUT2D eigenvalue weighted by molar-refractivity contribution is 0.131. The number of hydrogen-bond donors (Lipinski definition) is 2. The average molecular weight is 211 g/mol. The molecule has 1 rings (SSSR count). The van der Waals surface area contributed by atoms with E-state index < -0.39 is 0 Å². The first kappa shape index (κ1) is 12.5. The highest BCUT2D eigenvalue weighted by Gasteiger charge is 2.24. The van der Waals surface area contributed by atoms with E-state index in [1.807, 2.05) is 0 Å². The first-order valence-corrected chi connectivity index (χ1v) is 6.05. The molecular weight excluding hydrogens is 186 g/mol. The van der Waals surface area contributed by atoms with Gasteiger partial charge in [0.15, 0.2) is 0 Å². The van der Waals surface area contributed by atoms with Crippen LogP contribution in [0.3, 0.4) is 0 Å². The van der Waals surface area contributed by atoms with Crippen LogP contribution in [0.1, 0.15) is 46.0 Å². The van der Waals surface area contributed by atoms with Gasteiger partial charge in [0.05, 0.1) is 5.84 Å². The van der Waals surface area contributed by atoms with Crippen LogP contribution in [0, 0.1) is 10.8 Å². The Kier molecular flexibility index (Phi) is 4.58. The van der Waals surface area contributed by atoms with Gasteiger partial charge in [0.25, 0.3) is 0 Å². The van der Waals surface area contributed by atoms with Crippen LogP contribution in [0.2, 0.25) is 0 Å². The molecule has 1 aliphatic rings. The van der Waals surface area contributed by atoms with Crippen molar-refractivity contribution in [2.75, 3.05) is 19.6 Å². The van der Waals surface area contributed by atoms with Crippen LogP contribution in [0.4, 0.5) is 0 Å². The van der Waals surface area contributed by atoms with E-state index in [4.69, 9.17) is 11.1 Å². The van der Waals surface area contributed by atoms with Crippen molar-refractivity contribution in [1.82, 2.24) is 4.90 Å². The second-order valence-corrected chi connectivity index (χ2v) is 5.49. The molecule has 0 amide bonds. The smallest absolute Gasteiger partial charge is 0.0905 e. The van der Waals surface area contributed by atoms with Gasteiger partial charge in [-0.05, 0) is 50.7 Å². The lowest BCUT2D eigenvalue weighted by Crippen LogP contribution is -2.37. The number of piperidine rings is 1. The quantitative estimate of drug-likeness (QED) is 0.416. The number of hydrogen-bond acceptors (Lipinski definition) is 2. The van der Waals surface area contributed by atoms with E-state index in [9.17, 15) is 0 Å². The molecule has 1 fully saturated rings. The third kappa shape index (κ3) is 5.17. The Labute approximate surface area is 93.5 Å². The van der Waals surface area contributed by atoms with Crippen LogP contribution in [0.5, 0.6) is 0 Å². The minimum absolute atomic E-state index is 0.328. The molecule has 0 radical (unpaired) electrons. The predicted octanol–water partition coefficient (Wildman–Crippen LogP) is 2.21. The molecule has 0 atom stereocenters. The summed E-state index contributed by atoms with van der Waals surface area (Å²) in [6.07, 6.45) is 5.65. The van der Waals surface area contributed by atoms with Crippen molar-refractivity contribution < 1.29 is 0 Å². The van der Waals surface area contributed by atoms with E-state index in [1.54, 1.807) is 0 Å². The molecule has 0 saturated carbocycles. The van der Waals surface area contributed by atoms with Crippen LogP contribution in [-0.4, -0.2) is 30.4 Å². The highest BCUT2D eigenvalue weighted by atomic mass is 15.1. The van der Waals surface area contributed by atoms with Crippen LogP contribution < -0.4 is 5.73 Å². The molecule has 0 aromatic rings. The maximum atomic E-state index is 7.13. The lowest BCUT2D eigenvalue weighted by atomic mass is 9.82. The van der Waals surface area contributed by atoms with E-state index in [2.05, 4.69) is 18.7 Å². The van der Waals surface area contributed by atoms with Crippen LogP contribution in [0.25, 0.3) is 0 Å². The summed E-state index contributed by atoms with van der Waals surface area (Å²) in [7, 11) is 0. The maximum Gasteiger partial charge on any atom is 0.0905 e. The Bertz CT molecular complexity index is 201. The third-order valence-electron chi connectivity index (χ3n) is 3.38. The summed E-state index contributed by atoms with van der Waals surface area (Å²) in [5.41, 5.74) is 5.87. The monoisotopic (exact) mass is 211 g/mol. The van der Waals surface area contributed by atoms with E-state index in [0.29, 0.717) is 11.3 Å². The lowest BCUT2D eigenvalue weighted by Gasteiger charge is -2.36. The van der Waals surface area contributed by atoms with Crippen molar-refractivity contribution in [2.24, 2.45) is 11.1 Å². The minimum Gasteiger partial charge on any atom is -0.388 e. The Balaban J connectivity index is 2.06. The molecule has 0 aliphatic carbocycles. The Morgan fingerprint density at radius 2 is 1.87 bits per heavy atom. The molecule has 0 spiro atoms. The van der Waals surface area contributed by atoms with Crippen LogP contribution in [0.15, 0.2) is 0 Å². The average Bonchev–Trinajstić information content (AvgIpc) is 2.14. The summed E-state index contributed by atoms with van der Waals surface area (Å²) in [5.74, 6) is 0.328. The topological polar surface area (TPSA) is 53.1 Å². The zero-order chi connectivity index (χ0) is 11.3. The van der Waals surface area contributed by atoms with Gasteiger partial charge in [-0.1, -0.05) is 13.8 Å². The molecule has 0 aromatic carbocycles. The Morgan fingerprint density at radius 1 is 1.27 bits per heavy atom. The molecule has 0 bridgehead atoms. The normalized spacial score (nSPS) is 21.5. The highest BCUT2D eigenvalue weighted by molar-refractivity contribution is 5.76. The number of amidine groups is 1. The summed E-state index contributed by atoms with van der Waals surface area (Å²) in [4.78, 5) is 2.55. The standard InChI is InChI=1S/C12H25N3/c1-12(2)6-9-15(10-7-12)8-4-3-5-11(13)14/h3-10H2,1-2H3,(H3,13,14). The molecule has 3 heteroatoms. The van der Waals surface area contributed by atoms with Crippen molar-refractivity contribution >= 4 is 5.84 Å². The van der Waals surface area contributed by atoms with Gasteiger partial charge in [0, 0.05) is 6.42 Å². The third-order valence-corrected chi connectivity index (χ3v) is 3.38. The van der Waals surface area contributed by atoms with E-state index in [0.717, 1.165) is 12.8 Å². The molecule has 1 aliphatic heterocycles. The number of unbranched alkanes of at least 4 members (excludes halogenated alkanes) is 1. The van der Waals surface area contributed by atoms with Crippen LogP contribution in [-0.2, 0) is 0 Å². The first-order chi connectivity index (χ1) is 6.99. The number of likely N-dealkylation sites (tertiary alicyclic amines) is 1. The van der Waals surface area contributed by atoms with Crippen molar-refractivity contribution in [3.05, 3.63) is 0 Å². The van der Waals surface area contributed by atoms with Gasteiger partial charge in [-0.2, -0.15) is 0 Å². The first-order valence-electron chi connectivity index (χ1n) is 6.05. The highest BCUT2D eigenvalue weighted by Crippen LogP contribution is 2.29. The zero-order valence-corrected chi connectivity index (χ0v) is 10.2. The largest absolute Gasteiger partial charge is 0.388 e. The van der Waals surface area contributed by atoms with Gasteiger partial charge in [0.2, 0.25) is 0 Å². The van der Waals surface area contributed by atoms with E-state index in [1.165, 1.54) is 38.9 Å². The van der Waals surface area contributed by atoms with Gasteiger partial charge in [0.1, 0.15) is 0 Å². The molecule has 15 heavy (non-hydrogen) atoms. The fourth-order valence-corrected chi connectivity index (χ4v) is 2.03. The van der Waals surface area contributed by atoms with Crippen molar-refractivity contribution in [3.63, 3.8) is 0 Å². The number of nitrogens with two attached hydrogens (primary N) is 1. The van der Waals surface area contributed by atoms with Gasteiger partial charge in [-0.3, -0.25) is 5.41 Å². The zero-order valence-electron chi connectivity index (χ0n) is 10.2. The van der Waals surface area contributed by atoms with Gasteiger partial charge >= 0.3 is 0 Å². The molecule has 0 aromatic heterocycles.